The molecule has 0 saturated carbocycles. The Balaban J connectivity index is -0.0000000625. The minimum atomic E-state index is -1.44. The van der Waals surface area contributed by atoms with Gasteiger partial charge in [0.15, 0.2) is 0 Å². The summed E-state index contributed by atoms with van der Waals surface area (Å²) in [6, 6.07) is 0. The number of rotatable bonds is 5. The Bertz CT molecular complexity index is 396. The van der Waals surface area contributed by atoms with Crippen molar-refractivity contribution in [3.8, 4) is 0 Å². The standard InChI is InChI=1S/5C3H6O3.Nb/c5*1-2(4)3(5)6;/h5*2,4H,1H3,(H,5,6);/q;;;;;+5/p-5. The molecular formula is C15H25NbO15. The summed E-state index contributed by atoms with van der Waals surface area (Å²) in [6.45, 7) is 5.67. The molecule has 0 bridgehead atoms. The van der Waals surface area contributed by atoms with E-state index in [-0.39, 0.29) is 22.4 Å². The van der Waals surface area contributed by atoms with E-state index in [2.05, 4.69) is 0 Å². The fourth-order valence-electron chi connectivity index (χ4n) is 0. The van der Waals surface area contributed by atoms with Gasteiger partial charge >= 0.3 is 22.4 Å². The molecule has 0 aromatic carbocycles. The molecule has 5 unspecified atom stereocenters. The van der Waals surface area contributed by atoms with E-state index < -0.39 is 60.4 Å². The van der Waals surface area contributed by atoms with E-state index in [0.29, 0.717) is 0 Å². The van der Waals surface area contributed by atoms with Crippen LogP contribution < -0.4 is 25.5 Å². The maximum Gasteiger partial charge on any atom is 5.00 e. The van der Waals surface area contributed by atoms with Gasteiger partial charge < -0.3 is 75.0 Å². The number of hydrogen-bond acceptors (Lipinski definition) is 15. The summed E-state index contributed by atoms with van der Waals surface area (Å²) in [4.78, 5) is 46.7. The topological polar surface area (TPSA) is 302 Å². The average Bonchev–Trinajstić information content (AvgIpc) is 2.56. The number of aliphatic hydroxyl groups excluding tert-OH is 5. The van der Waals surface area contributed by atoms with Crippen molar-refractivity contribution in [1.82, 2.24) is 0 Å². The predicted molar refractivity (Wildman–Crippen MR) is 83.4 cm³/mol. The maximum absolute atomic E-state index is 9.34. The van der Waals surface area contributed by atoms with Crippen LogP contribution in [0, 0.1) is 0 Å². The zero-order valence-electron chi connectivity index (χ0n) is 17.2. The molecule has 16 heteroatoms. The third-order valence-electron chi connectivity index (χ3n) is 1.71. The van der Waals surface area contributed by atoms with Crippen molar-refractivity contribution in [3.63, 3.8) is 0 Å². The minimum absolute atomic E-state index is 0. The first-order chi connectivity index (χ1) is 13.2. The summed E-state index contributed by atoms with van der Waals surface area (Å²) < 4.78 is 0. The molecule has 5 N–H and O–H groups in total. The predicted octanol–water partition coefficient (Wildman–Crippen LogP) is -9.42. The van der Waals surface area contributed by atoms with Gasteiger partial charge in [-0.05, 0) is 34.6 Å². The van der Waals surface area contributed by atoms with Gasteiger partial charge in [0.1, 0.15) is 0 Å². The largest absolute Gasteiger partial charge is 5.00 e. The van der Waals surface area contributed by atoms with Crippen LogP contribution in [0.4, 0.5) is 0 Å². The molecule has 0 aliphatic carbocycles. The van der Waals surface area contributed by atoms with Crippen molar-refractivity contribution >= 4 is 29.8 Å². The van der Waals surface area contributed by atoms with Crippen LogP contribution in [0.3, 0.4) is 0 Å². The molecule has 180 valence electrons. The SMILES string of the molecule is CC(O)C(=O)[O-].CC(O)C(=O)[O-].CC(O)C(=O)[O-].CC(O)C(=O)[O-].CC(O)C(=O)[O-].[Nb+5]. The summed E-state index contributed by atoms with van der Waals surface area (Å²) in [5, 5.41) is 86.5. The molecule has 0 saturated heterocycles. The molecule has 0 heterocycles. The number of aliphatic carboxylic acids is 5. The van der Waals surface area contributed by atoms with E-state index in [4.69, 9.17) is 25.5 Å². The normalized spacial score (nSPS) is 13.2. The van der Waals surface area contributed by atoms with Gasteiger partial charge in [-0.15, -0.1) is 0 Å². The van der Waals surface area contributed by atoms with E-state index in [9.17, 15) is 49.5 Å². The molecule has 0 aliphatic heterocycles. The summed E-state index contributed by atoms with van der Waals surface area (Å²) in [7, 11) is 0. The van der Waals surface area contributed by atoms with E-state index in [1.165, 1.54) is 0 Å². The molecule has 0 aromatic heterocycles. The van der Waals surface area contributed by atoms with Gasteiger partial charge in [0.2, 0.25) is 0 Å². The third kappa shape index (κ3) is 58.4. The fourth-order valence-corrected chi connectivity index (χ4v) is 0. The van der Waals surface area contributed by atoms with Crippen LogP contribution in [0.2, 0.25) is 0 Å². The van der Waals surface area contributed by atoms with E-state index >= 15 is 0 Å². The van der Waals surface area contributed by atoms with Crippen LogP contribution in [0.5, 0.6) is 0 Å². The van der Waals surface area contributed by atoms with Crippen molar-refractivity contribution in [2.75, 3.05) is 0 Å². The molecule has 0 radical (unpaired) electrons. The Morgan fingerprint density at radius 2 is 0.452 bits per heavy atom. The first-order valence-corrected chi connectivity index (χ1v) is 7.66. The molecule has 15 nitrogen and oxygen atoms in total. The van der Waals surface area contributed by atoms with Crippen LogP contribution in [0.1, 0.15) is 34.6 Å². The van der Waals surface area contributed by atoms with Crippen LogP contribution in [0.15, 0.2) is 0 Å². The number of hydrogen-bond donors (Lipinski definition) is 5. The number of carboxylic acids is 5. The van der Waals surface area contributed by atoms with Gasteiger partial charge in [-0.25, -0.2) is 0 Å². The van der Waals surface area contributed by atoms with Crippen molar-refractivity contribution in [3.05, 3.63) is 0 Å². The summed E-state index contributed by atoms with van der Waals surface area (Å²) in [5.74, 6) is -7.18. The fraction of sp³-hybridized carbons (Fsp3) is 0.667. The van der Waals surface area contributed by atoms with Crippen molar-refractivity contribution in [2.45, 2.75) is 65.1 Å². The summed E-state index contributed by atoms with van der Waals surface area (Å²) in [5.41, 5.74) is 0. The maximum atomic E-state index is 9.34. The second kappa shape index (κ2) is 25.9. The van der Waals surface area contributed by atoms with Gasteiger partial charge in [-0.3, -0.25) is 0 Å². The molecule has 0 rings (SSSR count). The number of carbonyl (C=O) groups is 5. The van der Waals surface area contributed by atoms with Crippen LogP contribution in [0.25, 0.3) is 0 Å². The Hall–Kier alpha value is -2.11. The molecule has 0 fully saturated rings. The first-order valence-electron chi connectivity index (χ1n) is 7.66. The van der Waals surface area contributed by atoms with Gasteiger partial charge in [-0.2, -0.15) is 0 Å². The van der Waals surface area contributed by atoms with Gasteiger partial charge in [0, 0.05) is 0 Å². The Kier molecular flexibility index (Phi) is 35.9. The number of carboxylic acid groups (broad SMARTS) is 5. The van der Waals surface area contributed by atoms with Gasteiger partial charge in [-0.1, -0.05) is 0 Å². The average molecular weight is 538 g/mol. The van der Waals surface area contributed by atoms with Crippen molar-refractivity contribution < 1.29 is 97.4 Å². The first kappa shape index (κ1) is 42.9. The van der Waals surface area contributed by atoms with E-state index in [1.54, 1.807) is 0 Å². The molecule has 0 amide bonds. The van der Waals surface area contributed by atoms with Crippen LogP contribution >= 0.6 is 0 Å². The third-order valence-corrected chi connectivity index (χ3v) is 1.71. The second-order valence-corrected chi connectivity index (χ2v) is 4.98. The van der Waals surface area contributed by atoms with Gasteiger partial charge in [0.05, 0.1) is 60.4 Å². The Labute approximate surface area is 192 Å². The Morgan fingerprint density at radius 1 is 0.419 bits per heavy atom. The number of aliphatic hydroxyl groups is 5. The smallest absolute Gasteiger partial charge is 0.547 e. The number of carbonyl (C=O) groups excluding carboxylic acids is 5. The molecule has 0 spiro atoms. The quantitative estimate of drug-likeness (QED) is 0.203. The summed E-state index contributed by atoms with van der Waals surface area (Å²) >= 11 is 0. The van der Waals surface area contributed by atoms with Crippen molar-refractivity contribution in [1.29, 1.82) is 0 Å². The second-order valence-electron chi connectivity index (χ2n) is 4.98. The molecular weight excluding hydrogens is 513 g/mol. The summed E-state index contributed by atoms with van der Waals surface area (Å²) in [6.07, 6.45) is -6.71. The molecule has 5 atom stereocenters. The zero-order chi connectivity index (χ0) is 25.8. The molecule has 0 aliphatic rings. The minimum Gasteiger partial charge on any atom is -0.547 e. The zero-order valence-corrected chi connectivity index (χ0v) is 19.4. The molecule has 0 aromatic rings. The van der Waals surface area contributed by atoms with Crippen molar-refractivity contribution in [2.24, 2.45) is 0 Å². The van der Waals surface area contributed by atoms with E-state index in [1.807, 2.05) is 0 Å². The van der Waals surface area contributed by atoms with Crippen LogP contribution in [-0.2, 0) is 46.4 Å². The monoisotopic (exact) mass is 538 g/mol. The molecule has 31 heavy (non-hydrogen) atoms. The van der Waals surface area contributed by atoms with E-state index in [0.717, 1.165) is 34.6 Å². The van der Waals surface area contributed by atoms with Gasteiger partial charge in [0.25, 0.3) is 0 Å². The Morgan fingerprint density at radius 3 is 0.452 bits per heavy atom. The van der Waals surface area contributed by atoms with Crippen LogP contribution in [-0.4, -0.2) is 85.9 Å².